The molecule has 8 heteroatoms. The molecule has 2 N–H and O–H groups in total. The van der Waals surface area contributed by atoms with Gasteiger partial charge < -0.3 is 5.73 Å². The number of para-hydroxylation sites is 2. The third-order valence-electron chi connectivity index (χ3n) is 5.12. The molecule has 0 atom stereocenters. The Balaban J connectivity index is 1.81. The van der Waals surface area contributed by atoms with E-state index in [2.05, 4.69) is 15.1 Å². The zero-order valence-electron chi connectivity index (χ0n) is 17.2. The van der Waals surface area contributed by atoms with Gasteiger partial charge in [-0.3, -0.25) is 0 Å². The molecule has 0 bridgehead atoms. The van der Waals surface area contributed by atoms with E-state index in [9.17, 15) is 8.42 Å². The lowest BCUT2D eigenvalue weighted by molar-refractivity contribution is 0.597. The predicted molar refractivity (Wildman–Crippen MR) is 126 cm³/mol. The van der Waals surface area contributed by atoms with E-state index in [-0.39, 0.29) is 26.8 Å². The van der Waals surface area contributed by atoms with Crippen LogP contribution < -0.4 is 5.73 Å². The van der Waals surface area contributed by atoms with Crippen LogP contribution in [0.3, 0.4) is 0 Å². The summed E-state index contributed by atoms with van der Waals surface area (Å²) in [5.41, 5.74) is 9.98. The highest BCUT2D eigenvalue weighted by Gasteiger charge is 2.30. The first-order chi connectivity index (χ1) is 15.4. The van der Waals surface area contributed by atoms with Crippen LogP contribution in [0.5, 0.6) is 0 Å². The molecule has 0 unspecified atom stereocenters. The molecule has 158 valence electrons. The number of sulfone groups is 1. The Bertz CT molecular complexity index is 1610. The summed E-state index contributed by atoms with van der Waals surface area (Å²) in [6, 6.07) is 23.2. The SMILES string of the molecule is Cc1cccc(/C=N/n2c(N)c(S(=O)(=O)c3ccccc3)c3nc4ccccc4nc32)c1. The van der Waals surface area contributed by atoms with Crippen LogP contribution in [0, 0.1) is 6.92 Å². The van der Waals surface area contributed by atoms with E-state index in [1.165, 1.54) is 16.8 Å². The van der Waals surface area contributed by atoms with Gasteiger partial charge in [-0.25, -0.2) is 18.4 Å². The monoisotopic (exact) mass is 441 g/mol. The molecule has 2 aromatic heterocycles. The van der Waals surface area contributed by atoms with Crippen molar-refractivity contribution in [2.45, 2.75) is 16.7 Å². The standard InChI is InChI=1S/C24H19N5O2S/c1-16-8-7-9-17(14-16)15-26-29-23(25)22(32(30,31)18-10-3-2-4-11-18)21-24(29)28-20-13-6-5-12-19(20)27-21/h2-15H,25H2,1H3/b26-15+. The van der Waals surface area contributed by atoms with Crippen molar-refractivity contribution in [2.75, 3.05) is 5.73 Å². The number of nitrogens with two attached hydrogens (primary N) is 1. The van der Waals surface area contributed by atoms with Crippen molar-refractivity contribution in [1.29, 1.82) is 0 Å². The number of benzene rings is 3. The molecular formula is C24H19N5O2S. The second-order valence-corrected chi connectivity index (χ2v) is 9.27. The third kappa shape index (κ3) is 3.30. The first-order valence-electron chi connectivity index (χ1n) is 9.93. The van der Waals surface area contributed by atoms with E-state index >= 15 is 0 Å². The van der Waals surface area contributed by atoms with Crippen molar-refractivity contribution in [1.82, 2.24) is 14.6 Å². The molecule has 0 aliphatic rings. The molecule has 0 amide bonds. The van der Waals surface area contributed by atoms with Crippen LogP contribution >= 0.6 is 0 Å². The maximum absolute atomic E-state index is 13.5. The zero-order valence-corrected chi connectivity index (χ0v) is 18.0. The highest BCUT2D eigenvalue weighted by atomic mass is 32.2. The number of rotatable bonds is 4. The number of nitrogen functional groups attached to an aromatic ring is 1. The molecule has 5 rings (SSSR count). The van der Waals surface area contributed by atoms with Crippen molar-refractivity contribution >= 4 is 44.1 Å². The molecule has 32 heavy (non-hydrogen) atoms. The Morgan fingerprint density at radius 1 is 0.906 bits per heavy atom. The van der Waals surface area contributed by atoms with Crippen molar-refractivity contribution in [3.8, 4) is 0 Å². The lowest BCUT2D eigenvalue weighted by Crippen LogP contribution is -2.06. The number of hydrogen-bond acceptors (Lipinski definition) is 6. The smallest absolute Gasteiger partial charge is 0.212 e. The minimum Gasteiger partial charge on any atom is -0.382 e. The van der Waals surface area contributed by atoms with E-state index in [1.807, 2.05) is 49.4 Å². The second kappa shape index (κ2) is 7.58. The van der Waals surface area contributed by atoms with E-state index in [0.29, 0.717) is 11.0 Å². The van der Waals surface area contributed by atoms with Gasteiger partial charge in [0, 0.05) is 0 Å². The van der Waals surface area contributed by atoms with Crippen LogP contribution in [0.1, 0.15) is 11.1 Å². The average molecular weight is 442 g/mol. The molecule has 3 aromatic carbocycles. The summed E-state index contributed by atoms with van der Waals surface area (Å²) < 4.78 is 28.4. The van der Waals surface area contributed by atoms with Crippen molar-refractivity contribution < 1.29 is 8.42 Å². The van der Waals surface area contributed by atoms with E-state index in [4.69, 9.17) is 5.73 Å². The van der Waals surface area contributed by atoms with Crippen LogP contribution in [-0.4, -0.2) is 29.3 Å². The summed E-state index contributed by atoms with van der Waals surface area (Å²) in [6.45, 7) is 1.99. The topological polar surface area (TPSA) is 103 Å². The molecule has 0 radical (unpaired) electrons. The van der Waals surface area contributed by atoms with Gasteiger partial charge in [0.2, 0.25) is 9.84 Å². The van der Waals surface area contributed by atoms with Gasteiger partial charge in [0.25, 0.3) is 0 Å². The summed E-state index contributed by atoms with van der Waals surface area (Å²) in [7, 11) is -3.96. The van der Waals surface area contributed by atoms with E-state index in [1.54, 1.807) is 30.5 Å². The number of nitrogens with zero attached hydrogens (tertiary/aromatic N) is 4. The van der Waals surface area contributed by atoms with Crippen LogP contribution in [0.25, 0.3) is 22.2 Å². The minimum absolute atomic E-state index is 0.0388. The Kier molecular flexibility index (Phi) is 4.71. The quantitative estimate of drug-likeness (QED) is 0.421. The summed E-state index contributed by atoms with van der Waals surface area (Å²) in [6.07, 6.45) is 1.62. The third-order valence-corrected chi connectivity index (χ3v) is 6.95. The first kappa shape index (κ1) is 19.9. The maximum Gasteiger partial charge on any atom is 0.212 e. The lowest BCUT2D eigenvalue weighted by Gasteiger charge is -2.04. The summed E-state index contributed by atoms with van der Waals surface area (Å²) in [5.74, 6) is -0.0388. The fourth-order valence-corrected chi connectivity index (χ4v) is 5.10. The molecule has 0 fully saturated rings. The van der Waals surface area contributed by atoms with Gasteiger partial charge in [-0.05, 0) is 36.8 Å². The molecule has 0 aliphatic carbocycles. The number of hydrogen-bond donors (Lipinski definition) is 1. The lowest BCUT2D eigenvalue weighted by atomic mass is 10.2. The second-order valence-electron chi connectivity index (χ2n) is 7.39. The Labute approximate surface area is 184 Å². The van der Waals surface area contributed by atoms with Crippen molar-refractivity contribution in [3.63, 3.8) is 0 Å². The predicted octanol–water partition coefficient (Wildman–Crippen LogP) is 4.19. The van der Waals surface area contributed by atoms with Gasteiger partial charge in [0.1, 0.15) is 16.2 Å². The highest BCUT2D eigenvalue weighted by Crippen LogP contribution is 2.35. The van der Waals surface area contributed by atoms with Gasteiger partial charge in [-0.2, -0.15) is 9.78 Å². The van der Waals surface area contributed by atoms with Crippen LogP contribution in [0.15, 0.2) is 93.8 Å². The van der Waals surface area contributed by atoms with Gasteiger partial charge in [0.05, 0.1) is 22.1 Å². The molecule has 5 aromatic rings. The summed E-state index contributed by atoms with van der Waals surface area (Å²) in [5, 5.41) is 4.48. The van der Waals surface area contributed by atoms with E-state index in [0.717, 1.165) is 11.1 Å². The molecule has 2 heterocycles. The number of aromatic nitrogens is 3. The average Bonchev–Trinajstić information content (AvgIpc) is 3.07. The van der Waals surface area contributed by atoms with Gasteiger partial charge >= 0.3 is 0 Å². The fourth-order valence-electron chi connectivity index (χ4n) is 3.60. The Morgan fingerprint density at radius 2 is 1.59 bits per heavy atom. The maximum atomic E-state index is 13.5. The van der Waals surface area contributed by atoms with Crippen LogP contribution in [0.2, 0.25) is 0 Å². The number of anilines is 1. The van der Waals surface area contributed by atoms with Crippen LogP contribution in [0.4, 0.5) is 5.82 Å². The van der Waals surface area contributed by atoms with Crippen LogP contribution in [-0.2, 0) is 9.84 Å². The van der Waals surface area contributed by atoms with Crippen molar-refractivity contribution in [3.05, 3.63) is 90.0 Å². The first-order valence-corrected chi connectivity index (χ1v) is 11.4. The molecular weight excluding hydrogens is 422 g/mol. The number of aryl methyl sites for hydroxylation is 1. The minimum atomic E-state index is -3.96. The molecule has 0 spiro atoms. The molecule has 0 saturated heterocycles. The van der Waals surface area contributed by atoms with Gasteiger partial charge in [-0.1, -0.05) is 60.2 Å². The zero-order chi connectivity index (χ0) is 22.3. The normalized spacial score (nSPS) is 12.2. The largest absolute Gasteiger partial charge is 0.382 e. The number of fused-ring (bicyclic) bond motifs is 2. The molecule has 7 nitrogen and oxygen atoms in total. The highest BCUT2D eigenvalue weighted by molar-refractivity contribution is 7.92. The summed E-state index contributed by atoms with van der Waals surface area (Å²) in [4.78, 5) is 9.27. The Hall–Kier alpha value is -4.04. The molecule has 0 saturated carbocycles. The fraction of sp³-hybridized carbons (Fsp3) is 0.0417. The molecule has 0 aliphatic heterocycles. The van der Waals surface area contributed by atoms with Crippen molar-refractivity contribution in [2.24, 2.45) is 5.10 Å². The van der Waals surface area contributed by atoms with Gasteiger partial charge in [-0.15, -0.1) is 0 Å². The van der Waals surface area contributed by atoms with E-state index < -0.39 is 9.84 Å². The Morgan fingerprint density at radius 3 is 2.31 bits per heavy atom. The summed E-state index contributed by atoms with van der Waals surface area (Å²) >= 11 is 0. The van der Waals surface area contributed by atoms with Gasteiger partial charge in [0.15, 0.2) is 5.65 Å².